The maximum absolute atomic E-state index is 5.24. The van der Waals surface area contributed by atoms with E-state index in [4.69, 9.17) is 4.74 Å². The zero-order chi connectivity index (χ0) is 12.5. The monoisotopic (exact) mass is 253 g/mol. The lowest BCUT2D eigenvalue weighted by molar-refractivity contribution is 0.414. The van der Waals surface area contributed by atoms with Crippen molar-refractivity contribution in [3.63, 3.8) is 0 Å². The van der Waals surface area contributed by atoms with Crippen LogP contribution in [-0.2, 0) is 6.42 Å². The highest BCUT2D eigenvalue weighted by Crippen LogP contribution is 2.15. The summed E-state index contributed by atoms with van der Waals surface area (Å²) in [5, 5.41) is 3.39. The molecule has 0 aliphatic carbocycles. The quantitative estimate of drug-likeness (QED) is 0.720. The van der Waals surface area contributed by atoms with Gasteiger partial charge < -0.3 is 10.1 Å². The van der Waals surface area contributed by atoms with E-state index < -0.39 is 0 Å². The van der Waals surface area contributed by atoms with E-state index >= 15 is 0 Å². The van der Waals surface area contributed by atoms with Gasteiger partial charge in [0.2, 0.25) is 0 Å². The van der Waals surface area contributed by atoms with Crippen molar-refractivity contribution in [3.05, 3.63) is 29.8 Å². The third-order valence-corrected chi connectivity index (χ3v) is 4.03. The van der Waals surface area contributed by atoms with E-state index in [0.29, 0.717) is 6.04 Å². The summed E-state index contributed by atoms with van der Waals surface area (Å²) in [7, 11) is 3.75. The summed E-state index contributed by atoms with van der Waals surface area (Å²) in [6.45, 7) is 2.23. The normalized spacial score (nSPS) is 12.4. The summed E-state index contributed by atoms with van der Waals surface area (Å²) in [6.07, 6.45) is 2.31. The molecule has 0 spiro atoms. The van der Waals surface area contributed by atoms with Gasteiger partial charge in [0.15, 0.2) is 0 Å². The van der Waals surface area contributed by atoms with Crippen LogP contribution in [0.3, 0.4) is 0 Å². The van der Waals surface area contributed by atoms with Crippen molar-refractivity contribution in [2.45, 2.75) is 25.8 Å². The Morgan fingerprint density at radius 2 is 2.24 bits per heavy atom. The van der Waals surface area contributed by atoms with Crippen LogP contribution >= 0.6 is 11.8 Å². The highest BCUT2D eigenvalue weighted by Gasteiger charge is 2.07. The van der Waals surface area contributed by atoms with Crippen LogP contribution in [0.15, 0.2) is 24.3 Å². The number of benzene rings is 1. The van der Waals surface area contributed by atoms with Gasteiger partial charge in [0.1, 0.15) is 5.75 Å². The predicted octanol–water partition coefficient (Wildman–Crippen LogP) is 2.97. The molecule has 17 heavy (non-hydrogen) atoms. The molecule has 0 aliphatic rings. The fourth-order valence-corrected chi connectivity index (χ4v) is 2.72. The fourth-order valence-electron chi connectivity index (χ4n) is 1.70. The number of hydrogen-bond donors (Lipinski definition) is 1. The van der Waals surface area contributed by atoms with Crippen molar-refractivity contribution >= 4 is 11.8 Å². The lowest BCUT2D eigenvalue weighted by atomic mass is 10.1. The SMILES string of the molecule is CCCSCC(Cc1cccc(OC)c1)NC. The molecule has 0 aromatic heterocycles. The van der Waals surface area contributed by atoms with Gasteiger partial charge in [0.25, 0.3) is 0 Å². The second-order valence-electron chi connectivity index (χ2n) is 4.12. The first kappa shape index (κ1) is 14.4. The van der Waals surface area contributed by atoms with Gasteiger partial charge in [0, 0.05) is 11.8 Å². The molecule has 0 radical (unpaired) electrons. The van der Waals surface area contributed by atoms with E-state index in [2.05, 4.69) is 30.4 Å². The Morgan fingerprint density at radius 3 is 2.88 bits per heavy atom. The van der Waals surface area contributed by atoms with Gasteiger partial charge in [-0.05, 0) is 43.3 Å². The summed E-state index contributed by atoms with van der Waals surface area (Å²) >= 11 is 2.02. The predicted molar refractivity (Wildman–Crippen MR) is 77.2 cm³/mol. The van der Waals surface area contributed by atoms with E-state index in [0.717, 1.165) is 12.2 Å². The van der Waals surface area contributed by atoms with Gasteiger partial charge in [-0.3, -0.25) is 0 Å². The largest absolute Gasteiger partial charge is 0.497 e. The molecule has 0 heterocycles. The summed E-state index contributed by atoms with van der Waals surface area (Å²) in [5.41, 5.74) is 1.33. The number of methoxy groups -OCH3 is 1. The van der Waals surface area contributed by atoms with Gasteiger partial charge in [0.05, 0.1) is 7.11 Å². The molecule has 1 rings (SSSR count). The highest BCUT2D eigenvalue weighted by atomic mass is 32.2. The molecule has 1 aromatic carbocycles. The van der Waals surface area contributed by atoms with Gasteiger partial charge in [-0.25, -0.2) is 0 Å². The van der Waals surface area contributed by atoms with Crippen molar-refractivity contribution < 1.29 is 4.74 Å². The molecular formula is C14H23NOS. The standard InChI is InChI=1S/C14H23NOS/c1-4-8-17-11-13(15-2)9-12-6-5-7-14(10-12)16-3/h5-7,10,13,15H,4,8-9,11H2,1-3H3. The second-order valence-corrected chi connectivity index (χ2v) is 5.27. The smallest absolute Gasteiger partial charge is 0.119 e. The average Bonchev–Trinajstić information content (AvgIpc) is 2.38. The molecule has 1 atom stereocenters. The van der Waals surface area contributed by atoms with Gasteiger partial charge in [-0.1, -0.05) is 19.1 Å². The Bertz CT molecular complexity index is 317. The lowest BCUT2D eigenvalue weighted by Gasteiger charge is -2.16. The maximum atomic E-state index is 5.24. The topological polar surface area (TPSA) is 21.3 Å². The Morgan fingerprint density at radius 1 is 1.41 bits per heavy atom. The van der Waals surface area contributed by atoms with Crippen LogP contribution in [0.1, 0.15) is 18.9 Å². The van der Waals surface area contributed by atoms with Crippen LogP contribution in [0.4, 0.5) is 0 Å². The van der Waals surface area contributed by atoms with E-state index in [9.17, 15) is 0 Å². The van der Waals surface area contributed by atoms with Crippen LogP contribution in [-0.4, -0.2) is 31.7 Å². The Kier molecular flexibility index (Phi) is 7.13. The minimum atomic E-state index is 0.540. The molecule has 1 N–H and O–H groups in total. The van der Waals surface area contributed by atoms with Gasteiger partial charge in [-0.2, -0.15) is 11.8 Å². The lowest BCUT2D eigenvalue weighted by Crippen LogP contribution is -2.30. The average molecular weight is 253 g/mol. The molecule has 0 saturated carbocycles. The van der Waals surface area contributed by atoms with Crippen molar-refractivity contribution in [2.24, 2.45) is 0 Å². The first-order valence-electron chi connectivity index (χ1n) is 6.18. The zero-order valence-electron chi connectivity index (χ0n) is 11.0. The second kappa shape index (κ2) is 8.43. The summed E-state index contributed by atoms with van der Waals surface area (Å²) in [4.78, 5) is 0. The Labute approximate surface area is 109 Å². The van der Waals surface area contributed by atoms with E-state index in [1.54, 1.807) is 7.11 Å². The first-order valence-corrected chi connectivity index (χ1v) is 7.33. The third-order valence-electron chi connectivity index (χ3n) is 2.69. The van der Waals surface area contributed by atoms with E-state index in [-0.39, 0.29) is 0 Å². The number of rotatable bonds is 8. The van der Waals surface area contributed by atoms with Crippen LogP contribution in [0.2, 0.25) is 0 Å². The van der Waals surface area contributed by atoms with Crippen LogP contribution in [0.5, 0.6) is 5.75 Å². The molecule has 1 unspecified atom stereocenters. The van der Waals surface area contributed by atoms with Crippen LogP contribution < -0.4 is 10.1 Å². The van der Waals surface area contributed by atoms with E-state index in [1.807, 2.05) is 24.9 Å². The Hall–Kier alpha value is -0.670. The zero-order valence-corrected chi connectivity index (χ0v) is 11.8. The van der Waals surface area contributed by atoms with Crippen LogP contribution in [0.25, 0.3) is 0 Å². The molecule has 0 aliphatic heterocycles. The molecular weight excluding hydrogens is 230 g/mol. The minimum absolute atomic E-state index is 0.540. The number of ether oxygens (including phenoxy) is 1. The summed E-state index contributed by atoms with van der Waals surface area (Å²) in [6, 6.07) is 8.87. The van der Waals surface area contributed by atoms with Crippen molar-refractivity contribution in [2.75, 3.05) is 25.7 Å². The van der Waals surface area contributed by atoms with Crippen LogP contribution in [0, 0.1) is 0 Å². The molecule has 2 nitrogen and oxygen atoms in total. The number of likely N-dealkylation sites (N-methyl/N-ethyl adjacent to an activating group) is 1. The van der Waals surface area contributed by atoms with Crippen molar-refractivity contribution in [1.29, 1.82) is 0 Å². The molecule has 0 bridgehead atoms. The van der Waals surface area contributed by atoms with Gasteiger partial charge in [-0.15, -0.1) is 0 Å². The Balaban J connectivity index is 2.48. The maximum Gasteiger partial charge on any atom is 0.119 e. The number of hydrogen-bond acceptors (Lipinski definition) is 3. The minimum Gasteiger partial charge on any atom is -0.497 e. The number of thioether (sulfide) groups is 1. The molecule has 0 amide bonds. The molecule has 0 fully saturated rings. The molecule has 1 aromatic rings. The summed E-state index contributed by atoms with van der Waals surface area (Å²) in [5.74, 6) is 3.36. The molecule has 96 valence electrons. The fraction of sp³-hybridized carbons (Fsp3) is 0.571. The summed E-state index contributed by atoms with van der Waals surface area (Å²) < 4.78 is 5.24. The highest BCUT2D eigenvalue weighted by molar-refractivity contribution is 7.99. The van der Waals surface area contributed by atoms with Crippen molar-refractivity contribution in [3.8, 4) is 5.75 Å². The van der Waals surface area contributed by atoms with Crippen molar-refractivity contribution in [1.82, 2.24) is 5.32 Å². The van der Waals surface area contributed by atoms with E-state index in [1.165, 1.54) is 23.5 Å². The number of nitrogens with one attached hydrogen (secondary N) is 1. The first-order chi connectivity index (χ1) is 8.30. The van der Waals surface area contributed by atoms with Gasteiger partial charge >= 0.3 is 0 Å². The molecule has 0 saturated heterocycles. The molecule has 3 heteroatoms. The third kappa shape index (κ3) is 5.46.